The van der Waals surface area contributed by atoms with Crippen molar-refractivity contribution in [2.75, 3.05) is 0 Å². The van der Waals surface area contributed by atoms with Gasteiger partial charge in [0.2, 0.25) is 0 Å². The number of phenols is 1. The van der Waals surface area contributed by atoms with Gasteiger partial charge in [0.15, 0.2) is 11.6 Å². The van der Waals surface area contributed by atoms with Gasteiger partial charge in [0.1, 0.15) is 0 Å². The lowest BCUT2D eigenvalue weighted by molar-refractivity contribution is 0.426. The van der Waals surface area contributed by atoms with Gasteiger partial charge < -0.3 is 5.11 Å². The molecule has 1 aromatic rings. The number of hydrogen-bond acceptors (Lipinski definition) is 1. The molecule has 0 aromatic heterocycles. The van der Waals surface area contributed by atoms with Crippen LogP contribution >= 0.6 is 0 Å². The average Bonchev–Trinajstić information content (AvgIpc) is 1.93. The minimum Gasteiger partial charge on any atom is -0.505 e. The van der Waals surface area contributed by atoms with Crippen molar-refractivity contribution < 1.29 is 9.50 Å². The average molecular weight is 140 g/mol. The Bertz CT molecular complexity index is 229. The molecule has 0 saturated carbocycles. The highest BCUT2D eigenvalue weighted by Gasteiger charge is 2.04. The van der Waals surface area contributed by atoms with E-state index in [0.717, 1.165) is 0 Å². The topological polar surface area (TPSA) is 20.2 Å². The SMILES string of the molecule is Cc1ccc(C)c(F)c1O. The molecule has 10 heavy (non-hydrogen) atoms. The summed E-state index contributed by atoms with van der Waals surface area (Å²) in [5.74, 6) is -0.750. The van der Waals surface area contributed by atoms with Crippen LogP contribution in [0.5, 0.6) is 5.75 Å². The summed E-state index contributed by atoms with van der Waals surface area (Å²) in [6.45, 7) is 3.28. The van der Waals surface area contributed by atoms with Gasteiger partial charge in [-0.1, -0.05) is 12.1 Å². The van der Waals surface area contributed by atoms with Crippen molar-refractivity contribution in [3.63, 3.8) is 0 Å². The summed E-state index contributed by atoms with van der Waals surface area (Å²) >= 11 is 0. The van der Waals surface area contributed by atoms with Crippen molar-refractivity contribution in [3.05, 3.63) is 29.1 Å². The first-order valence-electron chi connectivity index (χ1n) is 3.07. The summed E-state index contributed by atoms with van der Waals surface area (Å²) in [5.41, 5.74) is 1.05. The molecule has 0 unspecified atom stereocenters. The maximum absolute atomic E-state index is 12.7. The fourth-order valence-electron chi connectivity index (χ4n) is 0.762. The second kappa shape index (κ2) is 2.29. The summed E-state index contributed by atoms with van der Waals surface area (Å²) in [6, 6.07) is 3.33. The summed E-state index contributed by atoms with van der Waals surface area (Å²) in [4.78, 5) is 0. The van der Waals surface area contributed by atoms with Crippen LogP contribution in [-0.4, -0.2) is 5.11 Å². The van der Waals surface area contributed by atoms with Crippen LogP contribution in [0.3, 0.4) is 0 Å². The summed E-state index contributed by atoms with van der Waals surface area (Å²) in [5, 5.41) is 9.01. The first kappa shape index (κ1) is 7.06. The number of benzene rings is 1. The zero-order valence-electron chi connectivity index (χ0n) is 5.98. The van der Waals surface area contributed by atoms with E-state index < -0.39 is 5.82 Å². The number of halogens is 1. The Labute approximate surface area is 59.1 Å². The van der Waals surface area contributed by atoms with E-state index in [1.807, 2.05) is 0 Å². The van der Waals surface area contributed by atoms with Crippen LogP contribution in [0.2, 0.25) is 0 Å². The molecular formula is C8H9FO. The fourth-order valence-corrected chi connectivity index (χ4v) is 0.762. The Morgan fingerprint density at radius 1 is 1.20 bits per heavy atom. The number of phenolic OH excluding ortho intramolecular Hbond substituents is 1. The summed E-state index contributed by atoms with van der Waals surface area (Å²) in [7, 11) is 0. The predicted molar refractivity (Wildman–Crippen MR) is 37.5 cm³/mol. The Balaban J connectivity index is 3.34. The van der Waals surface area contributed by atoms with Crippen LogP contribution in [0, 0.1) is 19.7 Å². The summed E-state index contributed by atoms with van der Waals surface area (Å²) < 4.78 is 12.7. The van der Waals surface area contributed by atoms with Gasteiger partial charge in [-0.05, 0) is 25.0 Å². The second-order valence-electron chi connectivity index (χ2n) is 2.36. The molecule has 0 spiro atoms. The molecule has 1 rings (SSSR count). The largest absolute Gasteiger partial charge is 0.505 e. The highest BCUT2D eigenvalue weighted by atomic mass is 19.1. The molecule has 2 heteroatoms. The lowest BCUT2D eigenvalue weighted by atomic mass is 10.1. The smallest absolute Gasteiger partial charge is 0.167 e. The third-order valence-electron chi connectivity index (χ3n) is 1.51. The van der Waals surface area contributed by atoms with Crippen molar-refractivity contribution >= 4 is 0 Å². The first-order chi connectivity index (χ1) is 4.63. The number of hydrogen-bond donors (Lipinski definition) is 1. The normalized spacial score (nSPS) is 9.90. The zero-order chi connectivity index (χ0) is 7.72. The Hall–Kier alpha value is -1.05. The van der Waals surface area contributed by atoms with Gasteiger partial charge in [-0.3, -0.25) is 0 Å². The second-order valence-corrected chi connectivity index (χ2v) is 2.36. The molecule has 1 aromatic carbocycles. The molecule has 0 atom stereocenters. The van der Waals surface area contributed by atoms with Gasteiger partial charge in [0, 0.05) is 0 Å². The molecule has 0 amide bonds. The Morgan fingerprint density at radius 2 is 1.70 bits per heavy atom. The molecule has 0 saturated heterocycles. The molecule has 54 valence electrons. The molecule has 0 aliphatic rings. The van der Waals surface area contributed by atoms with Crippen molar-refractivity contribution in [1.29, 1.82) is 0 Å². The van der Waals surface area contributed by atoms with E-state index in [1.54, 1.807) is 26.0 Å². The van der Waals surface area contributed by atoms with Crippen molar-refractivity contribution in [3.8, 4) is 5.75 Å². The lowest BCUT2D eigenvalue weighted by Crippen LogP contribution is -1.84. The van der Waals surface area contributed by atoms with Crippen molar-refractivity contribution in [1.82, 2.24) is 0 Å². The van der Waals surface area contributed by atoms with E-state index >= 15 is 0 Å². The van der Waals surface area contributed by atoms with Gasteiger partial charge in [-0.25, -0.2) is 4.39 Å². The molecule has 0 aliphatic heterocycles. The Kier molecular flexibility index (Phi) is 1.62. The predicted octanol–water partition coefficient (Wildman–Crippen LogP) is 2.15. The van der Waals surface area contributed by atoms with Crippen molar-refractivity contribution in [2.24, 2.45) is 0 Å². The third kappa shape index (κ3) is 0.967. The first-order valence-corrected chi connectivity index (χ1v) is 3.07. The van der Waals surface area contributed by atoms with Gasteiger partial charge >= 0.3 is 0 Å². The molecule has 1 N–H and O–H groups in total. The van der Waals surface area contributed by atoms with Crippen LogP contribution in [0.1, 0.15) is 11.1 Å². The van der Waals surface area contributed by atoms with Crippen LogP contribution < -0.4 is 0 Å². The van der Waals surface area contributed by atoms with Crippen molar-refractivity contribution in [2.45, 2.75) is 13.8 Å². The number of rotatable bonds is 0. The Morgan fingerprint density at radius 3 is 2.20 bits per heavy atom. The standard InChI is InChI=1S/C8H9FO/c1-5-3-4-6(2)8(10)7(5)9/h3-4,10H,1-2H3. The van der Waals surface area contributed by atoms with Gasteiger partial charge in [0.25, 0.3) is 0 Å². The van der Waals surface area contributed by atoms with Gasteiger partial charge in [-0.15, -0.1) is 0 Å². The summed E-state index contributed by atoms with van der Waals surface area (Å²) in [6.07, 6.45) is 0. The maximum atomic E-state index is 12.7. The van der Waals surface area contributed by atoms with Crippen LogP contribution in [0.15, 0.2) is 12.1 Å². The van der Waals surface area contributed by atoms with E-state index in [4.69, 9.17) is 5.11 Å². The molecule has 0 fully saturated rings. The quantitative estimate of drug-likeness (QED) is 0.585. The van der Waals surface area contributed by atoms with E-state index in [-0.39, 0.29) is 5.75 Å². The highest BCUT2D eigenvalue weighted by Crippen LogP contribution is 2.22. The minimum absolute atomic E-state index is 0.236. The molecule has 0 heterocycles. The number of aromatic hydroxyl groups is 1. The van der Waals surface area contributed by atoms with E-state index in [0.29, 0.717) is 11.1 Å². The van der Waals surface area contributed by atoms with E-state index in [1.165, 1.54) is 0 Å². The fraction of sp³-hybridized carbons (Fsp3) is 0.250. The minimum atomic E-state index is -0.514. The lowest BCUT2D eigenvalue weighted by Gasteiger charge is -2.01. The van der Waals surface area contributed by atoms with Crippen LogP contribution in [0.4, 0.5) is 4.39 Å². The monoisotopic (exact) mass is 140 g/mol. The molecule has 0 radical (unpaired) electrons. The molecule has 1 nitrogen and oxygen atoms in total. The van der Waals surface area contributed by atoms with E-state index in [9.17, 15) is 4.39 Å². The van der Waals surface area contributed by atoms with Crippen LogP contribution in [-0.2, 0) is 0 Å². The molecule has 0 aliphatic carbocycles. The zero-order valence-corrected chi connectivity index (χ0v) is 5.98. The van der Waals surface area contributed by atoms with E-state index in [2.05, 4.69) is 0 Å². The van der Waals surface area contributed by atoms with Crippen LogP contribution in [0.25, 0.3) is 0 Å². The van der Waals surface area contributed by atoms with Gasteiger partial charge in [-0.2, -0.15) is 0 Å². The number of aryl methyl sites for hydroxylation is 2. The highest BCUT2D eigenvalue weighted by molar-refractivity contribution is 5.36. The molecular weight excluding hydrogens is 131 g/mol. The third-order valence-corrected chi connectivity index (χ3v) is 1.51. The van der Waals surface area contributed by atoms with Gasteiger partial charge in [0.05, 0.1) is 0 Å². The maximum Gasteiger partial charge on any atom is 0.167 e. The molecule has 0 bridgehead atoms.